The summed E-state index contributed by atoms with van der Waals surface area (Å²) in [5.74, 6) is -1.41. The molecule has 0 radical (unpaired) electrons. The molecule has 1 aliphatic heterocycles. The fourth-order valence-corrected chi connectivity index (χ4v) is 2.68. The molecule has 1 aromatic carbocycles. The summed E-state index contributed by atoms with van der Waals surface area (Å²) in [4.78, 5) is 48.8. The molecule has 146 valence electrons. The van der Waals surface area contributed by atoms with Crippen LogP contribution < -0.4 is 16.2 Å². The van der Waals surface area contributed by atoms with E-state index in [1.807, 2.05) is 0 Å². The number of aromatic nitrogens is 2. The van der Waals surface area contributed by atoms with Crippen LogP contribution >= 0.6 is 0 Å². The molecule has 0 aliphatic carbocycles. The molecule has 2 aromatic rings. The van der Waals surface area contributed by atoms with Gasteiger partial charge in [0.15, 0.2) is 0 Å². The van der Waals surface area contributed by atoms with E-state index in [0.717, 1.165) is 10.6 Å². The highest BCUT2D eigenvalue weighted by Gasteiger charge is 2.43. The van der Waals surface area contributed by atoms with Gasteiger partial charge in [-0.1, -0.05) is 0 Å². The maximum Gasteiger partial charge on any atom is 0.325 e. The van der Waals surface area contributed by atoms with Gasteiger partial charge in [-0.3, -0.25) is 30.1 Å². The maximum absolute atomic E-state index is 12.1. The normalized spacial score (nSPS) is 15.3. The van der Waals surface area contributed by atoms with Crippen LogP contribution in [0.4, 0.5) is 4.79 Å². The van der Waals surface area contributed by atoms with Crippen LogP contribution in [0.25, 0.3) is 5.69 Å². The van der Waals surface area contributed by atoms with Crippen molar-refractivity contribution in [3.63, 3.8) is 0 Å². The van der Waals surface area contributed by atoms with Crippen molar-refractivity contribution in [3.05, 3.63) is 48.3 Å². The van der Waals surface area contributed by atoms with Crippen LogP contribution in [0.3, 0.4) is 0 Å². The minimum absolute atomic E-state index is 0.0750. The summed E-state index contributed by atoms with van der Waals surface area (Å²) < 4.78 is 1.65. The second kappa shape index (κ2) is 7.51. The number of urea groups is 1. The highest BCUT2D eigenvalue weighted by Crippen LogP contribution is 2.16. The number of nitrogens with zero attached hydrogens (tertiary/aromatic N) is 3. The summed E-state index contributed by atoms with van der Waals surface area (Å²) in [6, 6.07) is 7.91. The van der Waals surface area contributed by atoms with Gasteiger partial charge in [0.25, 0.3) is 11.8 Å². The van der Waals surface area contributed by atoms with E-state index in [-0.39, 0.29) is 13.0 Å². The Morgan fingerprint density at radius 1 is 1.14 bits per heavy atom. The lowest BCUT2D eigenvalue weighted by molar-refractivity contribution is -0.130. The number of hydrogen-bond donors (Lipinski definition) is 3. The lowest BCUT2D eigenvalue weighted by Gasteiger charge is -2.15. The molecule has 1 aliphatic rings. The van der Waals surface area contributed by atoms with E-state index in [0.29, 0.717) is 5.56 Å². The van der Waals surface area contributed by atoms with Gasteiger partial charge in [0.1, 0.15) is 5.54 Å². The van der Waals surface area contributed by atoms with E-state index in [1.165, 1.54) is 0 Å². The Labute approximate surface area is 160 Å². The van der Waals surface area contributed by atoms with Gasteiger partial charge in [-0.15, -0.1) is 0 Å². The van der Waals surface area contributed by atoms with Crippen LogP contribution in [-0.4, -0.2) is 50.5 Å². The van der Waals surface area contributed by atoms with E-state index >= 15 is 0 Å². The summed E-state index contributed by atoms with van der Waals surface area (Å²) in [5.41, 5.74) is 4.74. The predicted octanol–water partition coefficient (Wildman–Crippen LogP) is 0.354. The number of carbonyl (C=O) groups is 4. The Bertz CT molecular complexity index is 905. The molecule has 10 heteroatoms. The van der Waals surface area contributed by atoms with Crippen LogP contribution in [-0.2, 0) is 9.59 Å². The summed E-state index contributed by atoms with van der Waals surface area (Å²) in [7, 11) is 0. The predicted molar refractivity (Wildman–Crippen MR) is 98.1 cm³/mol. The number of imide groups is 1. The third-order valence-electron chi connectivity index (χ3n) is 4.22. The second-order valence-corrected chi connectivity index (χ2v) is 6.76. The van der Waals surface area contributed by atoms with E-state index in [2.05, 4.69) is 21.3 Å². The average Bonchev–Trinajstić information content (AvgIpc) is 3.26. The van der Waals surface area contributed by atoms with E-state index in [1.54, 1.807) is 61.3 Å². The number of nitrogens with one attached hydrogen (secondary N) is 3. The fraction of sp³-hybridized carbons (Fsp3) is 0.278. The molecule has 0 unspecified atom stereocenters. The summed E-state index contributed by atoms with van der Waals surface area (Å²) in [5, 5.41) is 6.63. The first-order valence-corrected chi connectivity index (χ1v) is 8.61. The summed E-state index contributed by atoms with van der Waals surface area (Å²) in [6.45, 7) is 3.10. The second-order valence-electron chi connectivity index (χ2n) is 6.76. The Morgan fingerprint density at radius 2 is 1.86 bits per heavy atom. The van der Waals surface area contributed by atoms with Gasteiger partial charge in [0.05, 0.1) is 5.69 Å². The van der Waals surface area contributed by atoms with Crippen LogP contribution in [0.5, 0.6) is 0 Å². The van der Waals surface area contributed by atoms with Gasteiger partial charge < -0.3 is 5.32 Å². The van der Waals surface area contributed by atoms with Crippen molar-refractivity contribution in [2.75, 3.05) is 6.54 Å². The zero-order valence-corrected chi connectivity index (χ0v) is 15.4. The molecule has 3 rings (SSSR count). The molecule has 1 fully saturated rings. The minimum atomic E-state index is -0.982. The third kappa shape index (κ3) is 4.00. The molecular weight excluding hydrogens is 364 g/mol. The van der Waals surface area contributed by atoms with Crippen LogP contribution in [0.1, 0.15) is 30.6 Å². The molecule has 0 bridgehead atoms. The average molecular weight is 384 g/mol. The van der Waals surface area contributed by atoms with Crippen LogP contribution in [0.2, 0.25) is 0 Å². The van der Waals surface area contributed by atoms with Gasteiger partial charge in [-0.2, -0.15) is 5.10 Å². The Kier molecular flexibility index (Phi) is 5.12. The number of hydrazine groups is 1. The summed E-state index contributed by atoms with van der Waals surface area (Å²) in [6.07, 6.45) is 3.30. The van der Waals surface area contributed by atoms with Crippen molar-refractivity contribution in [1.29, 1.82) is 0 Å². The Morgan fingerprint density at radius 3 is 2.43 bits per heavy atom. The van der Waals surface area contributed by atoms with Gasteiger partial charge in [0, 0.05) is 30.9 Å². The zero-order valence-electron chi connectivity index (χ0n) is 15.4. The van der Waals surface area contributed by atoms with E-state index in [4.69, 9.17) is 0 Å². The monoisotopic (exact) mass is 384 g/mol. The first-order chi connectivity index (χ1) is 13.3. The highest BCUT2D eigenvalue weighted by atomic mass is 16.2. The smallest absolute Gasteiger partial charge is 0.324 e. The Balaban J connectivity index is 1.47. The molecule has 28 heavy (non-hydrogen) atoms. The van der Waals surface area contributed by atoms with Gasteiger partial charge in [-0.05, 0) is 44.2 Å². The zero-order chi connectivity index (χ0) is 20.3. The quantitative estimate of drug-likeness (QED) is 0.507. The Hall–Kier alpha value is -3.69. The van der Waals surface area contributed by atoms with Crippen LogP contribution in [0, 0.1) is 0 Å². The number of hydrogen-bond acceptors (Lipinski definition) is 5. The molecule has 0 atom stereocenters. The van der Waals surface area contributed by atoms with Crippen molar-refractivity contribution in [1.82, 2.24) is 30.8 Å². The van der Waals surface area contributed by atoms with E-state index in [9.17, 15) is 19.2 Å². The van der Waals surface area contributed by atoms with Crippen molar-refractivity contribution in [2.24, 2.45) is 0 Å². The topological polar surface area (TPSA) is 125 Å². The molecule has 0 spiro atoms. The molecule has 10 nitrogen and oxygen atoms in total. The van der Waals surface area contributed by atoms with E-state index < -0.39 is 29.3 Å². The van der Waals surface area contributed by atoms with Crippen LogP contribution in [0.15, 0.2) is 42.7 Å². The van der Waals surface area contributed by atoms with Crippen molar-refractivity contribution < 1.29 is 19.2 Å². The number of amides is 5. The molecule has 3 N–H and O–H groups in total. The molecule has 1 saturated heterocycles. The molecule has 2 heterocycles. The summed E-state index contributed by atoms with van der Waals surface area (Å²) >= 11 is 0. The van der Waals surface area contributed by atoms with Crippen molar-refractivity contribution >= 4 is 23.8 Å². The lowest BCUT2D eigenvalue weighted by Crippen LogP contribution is -2.44. The standard InChI is InChI=1S/C18H20N6O4/c1-18(2)16(27)23(17(28)20-18)11-8-14(25)21-22-15(26)12-4-6-13(7-5-12)24-10-3-9-19-24/h3-7,9-10H,8,11H2,1-2H3,(H,20,28)(H,21,25)(H,22,26). The van der Waals surface area contributed by atoms with Crippen molar-refractivity contribution in [3.8, 4) is 5.69 Å². The lowest BCUT2D eigenvalue weighted by atomic mass is 10.1. The van der Waals surface area contributed by atoms with Gasteiger partial charge >= 0.3 is 6.03 Å². The molecule has 1 aromatic heterocycles. The molecule has 5 amide bonds. The van der Waals surface area contributed by atoms with Crippen molar-refractivity contribution in [2.45, 2.75) is 25.8 Å². The maximum atomic E-state index is 12.1. The number of rotatable bonds is 5. The first kappa shape index (κ1) is 19.1. The minimum Gasteiger partial charge on any atom is -0.324 e. The SMILES string of the molecule is CC1(C)NC(=O)N(CCC(=O)NNC(=O)c2ccc(-n3cccn3)cc2)C1=O. The fourth-order valence-electron chi connectivity index (χ4n) is 2.68. The third-order valence-corrected chi connectivity index (χ3v) is 4.22. The number of benzene rings is 1. The largest absolute Gasteiger partial charge is 0.325 e. The van der Waals surface area contributed by atoms with Gasteiger partial charge in [0.2, 0.25) is 5.91 Å². The highest BCUT2D eigenvalue weighted by molar-refractivity contribution is 6.06. The first-order valence-electron chi connectivity index (χ1n) is 8.61. The van der Waals surface area contributed by atoms with Gasteiger partial charge in [-0.25, -0.2) is 9.48 Å². The molecular formula is C18H20N6O4. The molecule has 0 saturated carbocycles. The number of carbonyl (C=O) groups excluding carboxylic acids is 4.